The fourth-order valence-corrected chi connectivity index (χ4v) is 8.26. The number of amides is 4. The molecule has 4 aromatic rings. The summed E-state index contributed by atoms with van der Waals surface area (Å²) in [6, 6.07) is 19.8. The van der Waals surface area contributed by atoms with E-state index in [0.29, 0.717) is 25.7 Å². The van der Waals surface area contributed by atoms with Gasteiger partial charge in [-0.2, -0.15) is 8.78 Å². The minimum absolute atomic E-state index is 0.0259. The Labute approximate surface area is 321 Å². The van der Waals surface area contributed by atoms with Crippen LogP contribution in [0.1, 0.15) is 90.9 Å². The Hall–Kier alpha value is -5.24. The summed E-state index contributed by atoms with van der Waals surface area (Å²) < 4.78 is 40.2. The lowest BCUT2D eigenvalue weighted by Crippen LogP contribution is -2.57. The molecule has 0 bridgehead atoms. The highest BCUT2D eigenvalue weighted by Crippen LogP contribution is 2.59. The average Bonchev–Trinajstić information content (AvgIpc) is 3.80. The number of alkyl halides is 2. The number of fused-ring (bicyclic) bond motifs is 2. The number of nitrogens with zero attached hydrogens (tertiary/aromatic N) is 1. The zero-order chi connectivity index (χ0) is 40.2. The normalized spacial score (nSPS) is 19.6. The summed E-state index contributed by atoms with van der Waals surface area (Å²) in [5, 5.41) is 5.67. The number of halogens is 2. The second-order valence-corrected chi connectivity index (χ2v) is 16.1. The standard InChI is InChI=1S/C40H44F2N5O8P/c41-40(42,56(53,54)55)27-15-17-30-26(21-27)22-33(44-30)37(50)46-32-14-8-7-13-28-16-19-34(47(28)39(32)52)38(51)45-31(18-20-36(43)49)35(48)23-29(24-9-3-1-4-10-24)25-11-5-2-6-12-25/h1-6,9-12,15,17,21-22,28-29,31-32,34,44H,7-8,13-14,16,18-20,23H2,(H2,43,49)(H,45,51)(H,46,50)(H2,53,54,55)/t28-,31-,32-,34-/m0/s1. The minimum atomic E-state index is -5.82. The molecule has 3 aromatic carbocycles. The van der Waals surface area contributed by atoms with Gasteiger partial charge in [0.1, 0.15) is 17.8 Å². The predicted molar refractivity (Wildman–Crippen MR) is 202 cm³/mol. The van der Waals surface area contributed by atoms with Crippen molar-refractivity contribution in [1.82, 2.24) is 20.5 Å². The van der Waals surface area contributed by atoms with Gasteiger partial charge < -0.3 is 36.0 Å². The van der Waals surface area contributed by atoms with Crippen LogP contribution in [0.25, 0.3) is 10.9 Å². The number of H-pyrrole nitrogens is 1. The molecule has 2 aliphatic rings. The number of rotatable bonds is 14. The van der Waals surface area contributed by atoms with Crippen LogP contribution >= 0.6 is 7.60 Å². The number of benzene rings is 3. The van der Waals surface area contributed by atoms with Crippen molar-refractivity contribution >= 4 is 47.9 Å². The van der Waals surface area contributed by atoms with E-state index in [1.54, 1.807) is 0 Å². The average molecular weight is 792 g/mol. The van der Waals surface area contributed by atoms with Gasteiger partial charge in [0.05, 0.1) is 6.04 Å². The lowest BCUT2D eigenvalue weighted by molar-refractivity contribution is -0.143. The number of Topliss-reactive ketones (excluding diaryl/α,β-unsaturated/α-hetero) is 1. The number of ketones is 1. The third kappa shape index (κ3) is 8.90. The third-order valence-corrected chi connectivity index (χ3v) is 11.7. The van der Waals surface area contributed by atoms with Crippen molar-refractivity contribution in [3.05, 3.63) is 107 Å². The van der Waals surface area contributed by atoms with Crippen molar-refractivity contribution in [3.8, 4) is 0 Å². The van der Waals surface area contributed by atoms with Crippen LogP contribution < -0.4 is 16.4 Å². The Bertz CT molecular complexity index is 2100. The smallest absolute Gasteiger partial charge is 0.370 e. The van der Waals surface area contributed by atoms with E-state index in [-0.39, 0.29) is 60.0 Å². The highest BCUT2D eigenvalue weighted by atomic mass is 31.2. The van der Waals surface area contributed by atoms with Crippen LogP contribution in [0, 0.1) is 0 Å². The fourth-order valence-electron chi connectivity index (χ4n) is 7.78. The molecule has 4 atom stereocenters. The van der Waals surface area contributed by atoms with Gasteiger partial charge in [0, 0.05) is 41.3 Å². The summed E-state index contributed by atoms with van der Waals surface area (Å²) in [7, 11) is -5.82. The summed E-state index contributed by atoms with van der Waals surface area (Å²) in [6.45, 7) is 0. The van der Waals surface area contributed by atoms with Gasteiger partial charge in [-0.15, -0.1) is 0 Å². The lowest BCUT2D eigenvalue weighted by atomic mass is 9.85. The molecule has 1 aromatic heterocycles. The Morgan fingerprint density at radius 1 is 0.911 bits per heavy atom. The van der Waals surface area contributed by atoms with Crippen LogP contribution in [0.5, 0.6) is 0 Å². The van der Waals surface area contributed by atoms with Crippen LogP contribution in [-0.4, -0.2) is 73.3 Å². The monoisotopic (exact) mass is 791 g/mol. The Morgan fingerprint density at radius 3 is 2.18 bits per heavy atom. The lowest BCUT2D eigenvalue weighted by Gasteiger charge is -2.35. The number of hydrogen-bond acceptors (Lipinski definition) is 6. The molecule has 0 radical (unpaired) electrons. The molecule has 2 aliphatic heterocycles. The summed E-state index contributed by atoms with van der Waals surface area (Å²) in [6.07, 6.45) is 2.93. The number of nitrogens with two attached hydrogens (primary N) is 1. The molecule has 7 N–H and O–H groups in total. The highest BCUT2D eigenvalue weighted by Gasteiger charge is 2.50. The molecule has 4 amide bonds. The topological polar surface area (TPSA) is 212 Å². The Balaban J connectivity index is 1.19. The number of aromatic amines is 1. The maximum Gasteiger partial charge on any atom is 0.399 e. The maximum atomic E-state index is 14.4. The second kappa shape index (κ2) is 16.9. The van der Waals surface area contributed by atoms with E-state index in [1.165, 1.54) is 17.0 Å². The van der Waals surface area contributed by atoms with Crippen molar-refractivity contribution in [3.63, 3.8) is 0 Å². The first-order chi connectivity index (χ1) is 26.6. The maximum absolute atomic E-state index is 14.4. The van der Waals surface area contributed by atoms with Crippen molar-refractivity contribution < 1.29 is 47.1 Å². The van der Waals surface area contributed by atoms with E-state index < -0.39 is 60.6 Å². The third-order valence-electron chi connectivity index (χ3n) is 10.7. The predicted octanol–water partition coefficient (Wildman–Crippen LogP) is 4.97. The van der Waals surface area contributed by atoms with Gasteiger partial charge in [-0.1, -0.05) is 79.6 Å². The number of primary amides is 1. The molecule has 0 unspecified atom stereocenters. The second-order valence-electron chi connectivity index (χ2n) is 14.5. The number of nitrogens with one attached hydrogen (secondary N) is 3. The van der Waals surface area contributed by atoms with Gasteiger partial charge in [-0.25, -0.2) is 0 Å². The molecule has 296 valence electrons. The molecule has 3 heterocycles. The molecule has 0 spiro atoms. The summed E-state index contributed by atoms with van der Waals surface area (Å²) in [5.74, 6) is -3.00. The van der Waals surface area contributed by atoms with Crippen LogP contribution in [0.3, 0.4) is 0 Å². The fraction of sp³-hybridized carbons (Fsp3) is 0.375. The van der Waals surface area contributed by atoms with Gasteiger partial charge in [0.25, 0.3) is 5.91 Å². The number of carbonyl (C=O) groups is 5. The zero-order valence-corrected chi connectivity index (χ0v) is 31.3. The van der Waals surface area contributed by atoms with Crippen LogP contribution in [0.4, 0.5) is 8.78 Å². The number of carbonyl (C=O) groups excluding carboxylic acids is 5. The molecule has 56 heavy (non-hydrogen) atoms. The first-order valence-electron chi connectivity index (χ1n) is 18.5. The molecular formula is C40H44F2N5O8P. The van der Waals surface area contributed by atoms with Gasteiger partial charge in [0.2, 0.25) is 17.7 Å². The van der Waals surface area contributed by atoms with Gasteiger partial charge in [0.15, 0.2) is 5.78 Å². The first kappa shape index (κ1) is 40.4. The van der Waals surface area contributed by atoms with Gasteiger partial charge in [-0.05, 0) is 61.4 Å². The molecule has 2 saturated heterocycles. The van der Waals surface area contributed by atoms with E-state index >= 15 is 0 Å². The highest BCUT2D eigenvalue weighted by molar-refractivity contribution is 7.52. The van der Waals surface area contributed by atoms with Crippen molar-refractivity contribution in [2.24, 2.45) is 5.73 Å². The molecule has 6 rings (SSSR count). The first-order valence-corrected chi connectivity index (χ1v) is 20.2. The van der Waals surface area contributed by atoms with Gasteiger partial charge >= 0.3 is 13.3 Å². The molecule has 13 nitrogen and oxygen atoms in total. The molecule has 0 aliphatic carbocycles. The molecule has 16 heteroatoms. The quantitative estimate of drug-likeness (QED) is 0.0958. The van der Waals surface area contributed by atoms with E-state index in [4.69, 9.17) is 15.5 Å². The van der Waals surface area contributed by atoms with Crippen LogP contribution in [-0.2, 0) is 29.4 Å². The summed E-state index contributed by atoms with van der Waals surface area (Å²) >= 11 is 0. The molecule has 0 saturated carbocycles. The van der Waals surface area contributed by atoms with E-state index in [2.05, 4.69) is 15.6 Å². The van der Waals surface area contributed by atoms with Crippen molar-refractivity contribution in [1.29, 1.82) is 0 Å². The zero-order valence-electron chi connectivity index (χ0n) is 30.4. The van der Waals surface area contributed by atoms with E-state index in [9.17, 15) is 37.3 Å². The van der Waals surface area contributed by atoms with Crippen molar-refractivity contribution in [2.45, 2.75) is 93.5 Å². The molecule has 2 fully saturated rings. The van der Waals surface area contributed by atoms with E-state index in [1.807, 2.05) is 60.7 Å². The van der Waals surface area contributed by atoms with Crippen molar-refractivity contribution in [2.75, 3.05) is 0 Å². The summed E-state index contributed by atoms with van der Waals surface area (Å²) in [4.78, 5) is 90.2. The Kier molecular flexibility index (Phi) is 12.2. The Morgan fingerprint density at radius 2 is 1.55 bits per heavy atom. The minimum Gasteiger partial charge on any atom is -0.370 e. The number of hydrogen-bond donors (Lipinski definition) is 6. The SMILES string of the molecule is NC(=O)CC[C@H](NC(=O)[C@@H]1CC[C@@H]2CCCC[C@H](NC(=O)c3cc4cc(C(F)(F)P(=O)(O)O)ccc4[nH]3)C(=O)N21)C(=O)CC(c1ccccc1)c1ccccc1. The van der Waals surface area contributed by atoms with Crippen LogP contribution in [0.15, 0.2) is 84.9 Å². The number of aromatic nitrogens is 1. The van der Waals surface area contributed by atoms with Crippen LogP contribution in [0.2, 0.25) is 0 Å². The molecular weight excluding hydrogens is 747 g/mol. The summed E-state index contributed by atoms with van der Waals surface area (Å²) in [5.41, 5.74) is 2.09. The largest absolute Gasteiger partial charge is 0.399 e. The van der Waals surface area contributed by atoms with E-state index in [0.717, 1.165) is 29.7 Å². The van der Waals surface area contributed by atoms with Gasteiger partial charge in [-0.3, -0.25) is 28.5 Å².